The monoisotopic (exact) mass is 478 g/mol. The molecule has 3 aromatic rings. The van der Waals surface area contributed by atoms with E-state index >= 15 is 0 Å². The quantitative estimate of drug-likeness (QED) is 0.468. The largest absolute Gasteiger partial charge is 0.470 e. The molecule has 34 heavy (non-hydrogen) atoms. The van der Waals surface area contributed by atoms with E-state index in [1.807, 2.05) is 32.0 Å². The zero-order chi connectivity index (χ0) is 23.8. The number of hydrogen-bond acceptors (Lipinski definition) is 5. The summed E-state index contributed by atoms with van der Waals surface area (Å²) in [6.45, 7) is 3.86. The normalized spacial score (nSPS) is 18.3. The van der Waals surface area contributed by atoms with Gasteiger partial charge in [-0.3, -0.25) is 4.79 Å². The molecule has 0 unspecified atom stereocenters. The van der Waals surface area contributed by atoms with Crippen molar-refractivity contribution in [3.8, 4) is 17.2 Å². The zero-order valence-corrected chi connectivity index (χ0v) is 19.4. The summed E-state index contributed by atoms with van der Waals surface area (Å²) in [5, 5.41) is 9.12. The highest BCUT2D eigenvalue weighted by Crippen LogP contribution is 2.41. The molecule has 2 aliphatic heterocycles. The van der Waals surface area contributed by atoms with Crippen molar-refractivity contribution in [1.82, 2.24) is 10.3 Å². The highest BCUT2D eigenvalue weighted by atomic mass is 35.5. The van der Waals surface area contributed by atoms with Crippen molar-refractivity contribution in [1.29, 1.82) is 0 Å². The minimum atomic E-state index is -0.526. The van der Waals surface area contributed by atoms with E-state index in [0.29, 0.717) is 46.6 Å². The Labute approximate surface area is 201 Å². The van der Waals surface area contributed by atoms with Gasteiger partial charge in [-0.15, -0.1) is 0 Å². The molecule has 8 nitrogen and oxygen atoms in total. The van der Waals surface area contributed by atoms with Crippen molar-refractivity contribution >= 4 is 35.0 Å². The summed E-state index contributed by atoms with van der Waals surface area (Å²) in [6.07, 6.45) is 2.06. The zero-order valence-electron chi connectivity index (χ0n) is 18.6. The van der Waals surface area contributed by atoms with Gasteiger partial charge < -0.3 is 25.4 Å². The first-order chi connectivity index (χ1) is 16.4. The Balaban J connectivity index is 1.28. The number of carbonyl (C=O) groups is 2. The Kier molecular flexibility index (Phi) is 5.75. The van der Waals surface area contributed by atoms with Gasteiger partial charge >= 0.3 is 6.03 Å². The number of rotatable bonds is 4. The number of benzene rings is 2. The molecule has 3 heterocycles. The number of halogens is 1. The SMILES string of the molecule is Cc1cc(Cl)ccc1NC(=O)N[C@@H]1Oc2ccc(Oc3ccnc4c3CCC(=O)N4)cc2[C@@H]1C. The molecule has 2 aliphatic rings. The average molecular weight is 479 g/mol. The molecule has 3 N–H and O–H groups in total. The molecule has 5 rings (SSSR count). The Hall–Kier alpha value is -3.78. The van der Waals surface area contributed by atoms with Gasteiger partial charge in [0, 0.05) is 40.4 Å². The summed E-state index contributed by atoms with van der Waals surface area (Å²) >= 11 is 5.99. The third kappa shape index (κ3) is 4.36. The van der Waals surface area contributed by atoms with Crippen LogP contribution in [0.2, 0.25) is 5.02 Å². The number of carbonyl (C=O) groups excluding carboxylic acids is 2. The Morgan fingerprint density at radius 2 is 2.06 bits per heavy atom. The number of amides is 3. The number of aryl methyl sites for hydroxylation is 1. The summed E-state index contributed by atoms with van der Waals surface area (Å²) in [7, 11) is 0. The van der Waals surface area contributed by atoms with Crippen molar-refractivity contribution in [3.63, 3.8) is 0 Å². The second kappa shape index (κ2) is 8.87. The van der Waals surface area contributed by atoms with Crippen LogP contribution in [0.1, 0.15) is 36.0 Å². The maximum atomic E-state index is 12.6. The number of hydrogen-bond donors (Lipinski definition) is 3. The number of nitrogens with one attached hydrogen (secondary N) is 3. The number of ether oxygens (including phenoxy) is 2. The number of urea groups is 1. The van der Waals surface area contributed by atoms with Crippen LogP contribution >= 0.6 is 11.6 Å². The minimum absolute atomic E-state index is 0.0468. The lowest BCUT2D eigenvalue weighted by atomic mass is 10.0. The molecule has 2 atom stereocenters. The number of nitrogens with zero attached hydrogens (tertiary/aromatic N) is 1. The number of pyridine rings is 1. The standard InChI is InChI=1S/C25H23ClN4O4/c1-13-11-15(26)3-6-19(13)28-25(32)30-24-14(2)18-12-16(4-7-20(18)34-24)33-21-9-10-27-23-17(21)5-8-22(31)29-23/h3-4,6-7,9-12,14,24H,5,8H2,1-2H3,(H,27,29,31)(H2,28,30,32)/t14-,24+/m0/s1. The topological polar surface area (TPSA) is 102 Å². The van der Waals surface area contributed by atoms with E-state index in [-0.39, 0.29) is 17.9 Å². The van der Waals surface area contributed by atoms with Crippen LogP contribution in [0.15, 0.2) is 48.7 Å². The molecule has 0 aliphatic carbocycles. The molecule has 3 amide bonds. The molecule has 0 fully saturated rings. The Morgan fingerprint density at radius 1 is 1.21 bits per heavy atom. The maximum Gasteiger partial charge on any atom is 0.322 e. The molecular formula is C25H23ClN4O4. The maximum absolute atomic E-state index is 12.6. The predicted octanol–water partition coefficient (Wildman–Crippen LogP) is 5.36. The lowest BCUT2D eigenvalue weighted by Crippen LogP contribution is -2.42. The number of fused-ring (bicyclic) bond motifs is 2. The van der Waals surface area contributed by atoms with Crippen molar-refractivity contribution in [2.45, 2.75) is 38.8 Å². The second-order valence-corrected chi connectivity index (χ2v) is 8.81. The predicted molar refractivity (Wildman–Crippen MR) is 129 cm³/mol. The second-order valence-electron chi connectivity index (χ2n) is 8.37. The molecule has 0 saturated carbocycles. The van der Waals surface area contributed by atoms with Crippen LogP contribution in [0.25, 0.3) is 0 Å². The summed E-state index contributed by atoms with van der Waals surface area (Å²) < 4.78 is 12.1. The van der Waals surface area contributed by atoms with E-state index in [1.165, 1.54) is 0 Å². The summed E-state index contributed by atoms with van der Waals surface area (Å²) in [5.41, 5.74) is 3.35. The highest BCUT2D eigenvalue weighted by molar-refractivity contribution is 6.30. The van der Waals surface area contributed by atoms with E-state index in [0.717, 1.165) is 16.7 Å². The van der Waals surface area contributed by atoms with Gasteiger partial charge in [0.15, 0.2) is 6.23 Å². The van der Waals surface area contributed by atoms with Gasteiger partial charge in [0.25, 0.3) is 0 Å². The molecule has 0 spiro atoms. The molecule has 0 radical (unpaired) electrons. The van der Waals surface area contributed by atoms with Gasteiger partial charge in [0.05, 0.1) is 0 Å². The van der Waals surface area contributed by atoms with Crippen molar-refractivity contribution in [3.05, 3.63) is 70.4 Å². The van der Waals surface area contributed by atoms with Crippen LogP contribution in [-0.4, -0.2) is 23.2 Å². The average Bonchev–Trinajstić information content (AvgIpc) is 3.10. The van der Waals surface area contributed by atoms with Gasteiger partial charge in [0.1, 0.15) is 23.1 Å². The Bertz CT molecular complexity index is 1300. The van der Waals surface area contributed by atoms with Gasteiger partial charge in [-0.2, -0.15) is 0 Å². The van der Waals surface area contributed by atoms with E-state index in [9.17, 15) is 9.59 Å². The fourth-order valence-electron chi connectivity index (χ4n) is 4.14. The van der Waals surface area contributed by atoms with Crippen molar-refractivity contribution in [2.75, 3.05) is 10.6 Å². The van der Waals surface area contributed by atoms with Crippen LogP contribution in [0.3, 0.4) is 0 Å². The number of aromatic nitrogens is 1. The van der Waals surface area contributed by atoms with E-state index in [2.05, 4.69) is 20.9 Å². The van der Waals surface area contributed by atoms with Crippen molar-refractivity contribution < 1.29 is 19.1 Å². The first-order valence-corrected chi connectivity index (χ1v) is 11.3. The molecular weight excluding hydrogens is 456 g/mol. The van der Waals surface area contributed by atoms with Gasteiger partial charge in [-0.25, -0.2) is 9.78 Å². The van der Waals surface area contributed by atoms with Gasteiger partial charge in [-0.05, 0) is 61.4 Å². The van der Waals surface area contributed by atoms with Crippen LogP contribution in [0.5, 0.6) is 17.2 Å². The Morgan fingerprint density at radius 3 is 2.88 bits per heavy atom. The summed E-state index contributed by atoms with van der Waals surface area (Å²) in [4.78, 5) is 28.5. The van der Waals surface area contributed by atoms with Crippen LogP contribution in [0, 0.1) is 6.92 Å². The summed E-state index contributed by atoms with van der Waals surface area (Å²) in [5.74, 6) is 2.38. The fourth-order valence-corrected chi connectivity index (χ4v) is 4.37. The summed E-state index contributed by atoms with van der Waals surface area (Å²) in [6, 6.07) is 12.3. The molecule has 174 valence electrons. The molecule has 9 heteroatoms. The van der Waals surface area contributed by atoms with Crippen LogP contribution in [-0.2, 0) is 11.2 Å². The molecule has 2 aromatic carbocycles. The number of anilines is 2. The third-order valence-corrected chi connectivity index (χ3v) is 6.23. The molecule has 0 bridgehead atoms. The lowest BCUT2D eigenvalue weighted by Gasteiger charge is -2.19. The van der Waals surface area contributed by atoms with E-state index in [1.54, 1.807) is 30.5 Å². The van der Waals surface area contributed by atoms with E-state index < -0.39 is 6.23 Å². The molecule has 0 saturated heterocycles. The van der Waals surface area contributed by atoms with Crippen LogP contribution in [0.4, 0.5) is 16.3 Å². The third-order valence-electron chi connectivity index (χ3n) is 5.99. The van der Waals surface area contributed by atoms with Crippen LogP contribution < -0.4 is 25.4 Å². The van der Waals surface area contributed by atoms with E-state index in [4.69, 9.17) is 21.1 Å². The lowest BCUT2D eigenvalue weighted by molar-refractivity contribution is -0.116. The van der Waals surface area contributed by atoms with Gasteiger partial charge in [0.2, 0.25) is 5.91 Å². The molecule has 1 aromatic heterocycles. The van der Waals surface area contributed by atoms with Crippen molar-refractivity contribution in [2.24, 2.45) is 0 Å². The first kappa shape index (κ1) is 22.0. The first-order valence-electron chi connectivity index (χ1n) is 11.0. The van der Waals surface area contributed by atoms with Gasteiger partial charge in [-0.1, -0.05) is 18.5 Å². The fraction of sp³-hybridized carbons (Fsp3) is 0.240. The smallest absolute Gasteiger partial charge is 0.322 e. The minimum Gasteiger partial charge on any atom is -0.470 e. The highest BCUT2D eigenvalue weighted by Gasteiger charge is 2.33.